The lowest BCUT2D eigenvalue weighted by Gasteiger charge is -2.31. The molecule has 0 radical (unpaired) electrons. The summed E-state index contributed by atoms with van der Waals surface area (Å²) in [5.41, 5.74) is -4.66. The highest BCUT2D eigenvalue weighted by molar-refractivity contribution is 7.11. The summed E-state index contributed by atoms with van der Waals surface area (Å²) in [5.74, 6) is -1.18. The van der Waals surface area contributed by atoms with Crippen LogP contribution < -0.4 is 0 Å². The van der Waals surface area contributed by atoms with Crippen LogP contribution in [-0.4, -0.2) is 16.7 Å². The van der Waals surface area contributed by atoms with Gasteiger partial charge in [0.1, 0.15) is 4.88 Å². The van der Waals surface area contributed by atoms with Crippen LogP contribution in [0.1, 0.15) is 27.7 Å². The van der Waals surface area contributed by atoms with Crippen LogP contribution in [-0.2, 0) is 16.5 Å². The monoisotopic (exact) mass is 551 g/mol. The third-order valence-corrected chi connectivity index (χ3v) is 6.80. The van der Waals surface area contributed by atoms with Gasteiger partial charge in [-0.1, -0.05) is 47.5 Å². The minimum atomic E-state index is -5.05. The number of aromatic nitrogens is 1. The summed E-state index contributed by atoms with van der Waals surface area (Å²) in [6.45, 7) is 0.709. The number of esters is 1. The van der Waals surface area contributed by atoms with Gasteiger partial charge in [-0.25, -0.2) is 4.79 Å². The molecule has 4 rings (SSSR count). The zero-order valence-electron chi connectivity index (χ0n) is 17.5. The first-order valence-corrected chi connectivity index (χ1v) is 11.4. The molecule has 0 aliphatic rings. The zero-order chi connectivity index (χ0) is 25.8. The van der Waals surface area contributed by atoms with Gasteiger partial charge in [0.15, 0.2) is 0 Å². The third kappa shape index (κ3) is 4.50. The van der Waals surface area contributed by atoms with Crippen molar-refractivity contribution >= 4 is 51.4 Å². The van der Waals surface area contributed by atoms with Crippen molar-refractivity contribution in [1.82, 2.24) is 4.57 Å². The van der Waals surface area contributed by atoms with E-state index in [2.05, 4.69) is 0 Å². The quantitative estimate of drug-likeness (QED) is 0.188. The number of hydrogen-bond acceptors (Lipinski definition) is 3. The van der Waals surface area contributed by atoms with Crippen LogP contribution in [0, 0.1) is 0 Å². The van der Waals surface area contributed by atoms with Crippen molar-refractivity contribution in [3.8, 4) is 5.69 Å². The first-order chi connectivity index (χ1) is 16.2. The van der Waals surface area contributed by atoms with Crippen molar-refractivity contribution in [3.63, 3.8) is 0 Å². The number of alkyl halides is 6. The maximum absolute atomic E-state index is 14.4. The number of carbonyl (C=O) groups excluding carboxylic acids is 1. The van der Waals surface area contributed by atoms with Crippen molar-refractivity contribution in [2.45, 2.75) is 24.9 Å². The normalized spacial score (nSPS) is 14.2. The Balaban J connectivity index is 1.95. The minimum absolute atomic E-state index is 0.0296. The lowest BCUT2D eigenvalue weighted by atomic mass is 9.94. The second-order valence-electron chi connectivity index (χ2n) is 7.61. The molecule has 0 saturated heterocycles. The van der Waals surface area contributed by atoms with Gasteiger partial charge in [0, 0.05) is 17.1 Å². The molecule has 0 spiro atoms. The molecule has 0 aliphatic carbocycles. The van der Waals surface area contributed by atoms with E-state index in [1.54, 1.807) is 0 Å². The predicted molar refractivity (Wildman–Crippen MR) is 121 cm³/mol. The molecule has 4 aromatic rings. The van der Waals surface area contributed by atoms with E-state index in [0.717, 1.165) is 22.1 Å². The molecule has 0 amide bonds. The highest BCUT2D eigenvalue weighted by Crippen LogP contribution is 2.47. The van der Waals surface area contributed by atoms with E-state index in [9.17, 15) is 31.1 Å². The van der Waals surface area contributed by atoms with Gasteiger partial charge in [-0.3, -0.25) is 0 Å². The Morgan fingerprint density at radius 2 is 1.60 bits per heavy atom. The van der Waals surface area contributed by atoms with Gasteiger partial charge in [-0.15, -0.1) is 11.3 Å². The Morgan fingerprint density at radius 1 is 0.971 bits per heavy atom. The molecule has 1 atom stereocenters. The maximum Gasteiger partial charge on any atom is 0.432 e. The Bertz CT molecular complexity index is 1390. The van der Waals surface area contributed by atoms with Crippen molar-refractivity contribution in [1.29, 1.82) is 0 Å². The third-order valence-electron chi connectivity index (χ3n) is 5.37. The summed E-state index contributed by atoms with van der Waals surface area (Å²) < 4.78 is 88.9. The molecule has 0 saturated carbocycles. The van der Waals surface area contributed by atoms with Crippen LogP contribution in [0.25, 0.3) is 16.6 Å². The van der Waals surface area contributed by atoms with Crippen molar-refractivity contribution in [2.24, 2.45) is 0 Å². The summed E-state index contributed by atoms with van der Waals surface area (Å²) in [6.07, 6.45) is -8.77. The summed E-state index contributed by atoms with van der Waals surface area (Å²) >= 11 is 13.2. The summed E-state index contributed by atoms with van der Waals surface area (Å²) in [7, 11) is 0. The lowest BCUT2D eigenvalue weighted by Crippen LogP contribution is -2.43. The number of para-hydroxylation sites is 1. The first kappa shape index (κ1) is 25.4. The van der Waals surface area contributed by atoms with E-state index in [1.807, 2.05) is 0 Å². The van der Waals surface area contributed by atoms with Crippen molar-refractivity contribution in [3.05, 3.63) is 86.2 Å². The van der Waals surface area contributed by atoms with Crippen LogP contribution in [0.15, 0.2) is 60.1 Å². The first-order valence-electron chi connectivity index (χ1n) is 9.75. The maximum atomic E-state index is 14.4. The molecule has 0 fully saturated rings. The van der Waals surface area contributed by atoms with Crippen LogP contribution in [0.4, 0.5) is 26.3 Å². The standard InChI is InChI=1S/C23H13Cl2F6NO2S/c1-21(23(29,30)31,34-20(33)18-7-4-8-35-18)14-11-32(17-6-3-2-5-13(14)17)19-15(24)9-12(10-16(19)25)22(26,27)28/h2-11H,1H3. The van der Waals surface area contributed by atoms with Crippen LogP contribution in [0.2, 0.25) is 10.0 Å². The molecule has 0 N–H and O–H groups in total. The van der Waals surface area contributed by atoms with Gasteiger partial charge in [-0.05, 0) is 36.6 Å². The second kappa shape index (κ2) is 8.76. The van der Waals surface area contributed by atoms with E-state index in [0.29, 0.717) is 19.1 Å². The molecular formula is C23H13Cl2F6NO2S. The average molecular weight is 552 g/mol. The molecule has 2 aromatic carbocycles. The van der Waals surface area contributed by atoms with Crippen LogP contribution >= 0.6 is 34.5 Å². The predicted octanol–water partition coefficient (Wildman–Crippen LogP) is 8.65. The number of rotatable bonds is 4. The number of nitrogens with zero attached hydrogens (tertiary/aromatic N) is 1. The van der Waals surface area contributed by atoms with Gasteiger partial charge in [0.2, 0.25) is 5.60 Å². The fourth-order valence-electron chi connectivity index (χ4n) is 3.60. The van der Waals surface area contributed by atoms with Gasteiger partial charge < -0.3 is 9.30 Å². The van der Waals surface area contributed by atoms with Gasteiger partial charge in [0.05, 0.1) is 26.8 Å². The highest BCUT2D eigenvalue weighted by Gasteiger charge is 2.57. The van der Waals surface area contributed by atoms with E-state index in [-0.39, 0.29) is 21.5 Å². The zero-order valence-corrected chi connectivity index (χ0v) is 19.8. The fourth-order valence-corrected chi connectivity index (χ4v) is 4.87. The second-order valence-corrected chi connectivity index (χ2v) is 9.38. The number of benzene rings is 2. The molecule has 12 heteroatoms. The lowest BCUT2D eigenvalue weighted by molar-refractivity contribution is -0.257. The topological polar surface area (TPSA) is 31.2 Å². The number of hydrogen-bond donors (Lipinski definition) is 0. The van der Waals surface area contributed by atoms with Crippen molar-refractivity contribution in [2.75, 3.05) is 0 Å². The molecule has 0 aliphatic heterocycles. The molecule has 2 aromatic heterocycles. The Hall–Kier alpha value is -2.69. The number of fused-ring (bicyclic) bond motifs is 1. The number of thiophene rings is 1. The summed E-state index contributed by atoms with van der Waals surface area (Å²) in [4.78, 5) is 12.5. The van der Waals surface area contributed by atoms with Crippen LogP contribution in [0.5, 0.6) is 0 Å². The average Bonchev–Trinajstić information content (AvgIpc) is 3.41. The van der Waals surface area contributed by atoms with Crippen molar-refractivity contribution < 1.29 is 35.9 Å². The van der Waals surface area contributed by atoms with Crippen LogP contribution in [0.3, 0.4) is 0 Å². The highest BCUT2D eigenvalue weighted by atomic mass is 35.5. The molecule has 0 bridgehead atoms. The minimum Gasteiger partial charge on any atom is -0.440 e. The number of ether oxygens (including phenoxy) is 1. The Labute approximate surface area is 208 Å². The van der Waals surface area contributed by atoms with E-state index in [4.69, 9.17) is 27.9 Å². The van der Waals surface area contributed by atoms with Gasteiger partial charge >= 0.3 is 18.3 Å². The fraction of sp³-hybridized carbons (Fsp3) is 0.174. The molecular weight excluding hydrogens is 539 g/mol. The largest absolute Gasteiger partial charge is 0.440 e. The molecule has 184 valence electrons. The molecule has 2 heterocycles. The Morgan fingerprint density at radius 3 is 2.14 bits per heavy atom. The summed E-state index contributed by atoms with van der Waals surface area (Å²) in [6, 6.07) is 9.91. The Kier molecular flexibility index (Phi) is 6.36. The van der Waals surface area contributed by atoms with Gasteiger partial charge in [0.25, 0.3) is 0 Å². The number of carbonyl (C=O) groups is 1. The van der Waals surface area contributed by atoms with E-state index < -0.39 is 45.1 Å². The molecule has 1 unspecified atom stereocenters. The molecule has 35 heavy (non-hydrogen) atoms. The number of halogens is 8. The smallest absolute Gasteiger partial charge is 0.432 e. The van der Waals surface area contributed by atoms with Gasteiger partial charge in [-0.2, -0.15) is 26.3 Å². The molecule has 3 nitrogen and oxygen atoms in total. The van der Waals surface area contributed by atoms with E-state index >= 15 is 0 Å². The SMILES string of the molecule is CC(OC(=O)c1cccs1)(c1cn(-c2c(Cl)cc(C(F)(F)F)cc2Cl)c2ccccc12)C(F)(F)F. The summed E-state index contributed by atoms with van der Waals surface area (Å²) in [5, 5.41) is 0.698. The van der Waals surface area contributed by atoms with E-state index in [1.165, 1.54) is 41.8 Å².